The van der Waals surface area contributed by atoms with E-state index in [9.17, 15) is 14.9 Å². The van der Waals surface area contributed by atoms with Crippen molar-refractivity contribution in [2.24, 2.45) is 11.8 Å². The maximum atomic E-state index is 11.8. The molecular formula is C16H25N3O4. The van der Waals surface area contributed by atoms with E-state index in [4.69, 9.17) is 4.42 Å². The molecule has 1 aromatic heterocycles. The molecule has 0 radical (unpaired) electrons. The fourth-order valence-electron chi connectivity index (χ4n) is 3.27. The van der Waals surface area contributed by atoms with Gasteiger partial charge in [-0.3, -0.25) is 14.9 Å². The molecule has 1 aliphatic heterocycles. The molecule has 7 heteroatoms. The average Bonchev–Trinajstić information content (AvgIpc) is 2.95. The molecule has 0 unspecified atom stereocenters. The Morgan fingerprint density at radius 2 is 2.04 bits per heavy atom. The second-order valence-electron chi connectivity index (χ2n) is 6.56. The van der Waals surface area contributed by atoms with Crippen LogP contribution in [0, 0.1) is 22.0 Å². The smallest absolute Gasteiger partial charge is 0.395 e. The highest BCUT2D eigenvalue weighted by atomic mass is 16.6. The van der Waals surface area contributed by atoms with E-state index < -0.39 is 16.7 Å². The third-order valence-electron chi connectivity index (χ3n) is 4.13. The summed E-state index contributed by atoms with van der Waals surface area (Å²) in [4.78, 5) is 24.1. The summed E-state index contributed by atoms with van der Waals surface area (Å²) in [5, 5.41) is 13.2. The van der Waals surface area contributed by atoms with E-state index in [-0.39, 0.29) is 5.76 Å². The molecule has 2 atom stereocenters. The van der Waals surface area contributed by atoms with E-state index in [1.807, 2.05) is 0 Å². The molecule has 2 heterocycles. The summed E-state index contributed by atoms with van der Waals surface area (Å²) in [5.74, 6) is 0.679. The van der Waals surface area contributed by atoms with Gasteiger partial charge in [-0.25, -0.2) is 0 Å². The molecule has 1 amide bonds. The first kappa shape index (κ1) is 17.5. The summed E-state index contributed by atoms with van der Waals surface area (Å²) in [7, 11) is 0. The summed E-state index contributed by atoms with van der Waals surface area (Å²) in [6.07, 6.45) is 3.22. The largest absolute Gasteiger partial charge is 0.433 e. The Labute approximate surface area is 136 Å². The first-order valence-electron chi connectivity index (χ1n) is 8.20. The summed E-state index contributed by atoms with van der Waals surface area (Å²) in [5.41, 5.74) is 0. The third kappa shape index (κ3) is 5.35. The number of nitrogens with one attached hydrogen (secondary N) is 1. The molecule has 128 valence electrons. The van der Waals surface area contributed by atoms with Gasteiger partial charge in [-0.15, -0.1) is 0 Å². The molecule has 1 fully saturated rings. The van der Waals surface area contributed by atoms with Crippen LogP contribution >= 0.6 is 0 Å². The number of nitrogens with zero attached hydrogens (tertiary/aromatic N) is 2. The summed E-state index contributed by atoms with van der Waals surface area (Å²) in [6, 6.07) is 2.51. The van der Waals surface area contributed by atoms with Crippen LogP contribution in [0.1, 0.15) is 43.7 Å². The van der Waals surface area contributed by atoms with Gasteiger partial charge in [0.15, 0.2) is 5.76 Å². The molecule has 23 heavy (non-hydrogen) atoms. The molecule has 2 rings (SSSR count). The minimum absolute atomic E-state index is 0.0182. The van der Waals surface area contributed by atoms with E-state index in [0.29, 0.717) is 6.54 Å². The summed E-state index contributed by atoms with van der Waals surface area (Å²) in [6.45, 7) is 8.51. The van der Waals surface area contributed by atoms with E-state index in [2.05, 4.69) is 24.1 Å². The van der Waals surface area contributed by atoms with Crippen molar-refractivity contribution in [3.05, 3.63) is 28.0 Å². The second kappa shape index (κ2) is 8.10. The topological polar surface area (TPSA) is 88.6 Å². The number of piperidine rings is 1. The lowest BCUT2D eigenvalue weighted by atomic mass is 9.92. The van der Waals surface area contributed by atoms with Crippen LogP contribution in [-0.2, 0) is 0 Å². The second-order valence-corrected chi connectivity index (χ2v) is 6.56. The molecule has 0 spiro atoms. The highest BCUT2D eigenvalue weighted by Crippen LogP contribution is 2.21. The minimum Gasteiger partial charge on any atom is -0.395 e. The zero-order valence-corrected chi connectivity index (χ0v) is 13.8. The molecule has 0 saturated carbocycles. The van der Waals surface area contributed by atoms with Crippen molar-refractivity contribution in [2.45, 2.75) is 33.1 Å². The van der Waals surface area contributed by atoms with Gasteiger partial charge in [0.2, 0.25) is 0 Å². The fourth-order valence-corrected chi connectivity index (χ4v) is 3.27. The number of carbonyl (C=O) groups is 1. The maximum absolute atomic E-state index is 11.8. The normalized spacial score (nSPS) is 22.0. The van der Waals surface area contributed by atoms with Gasteiger partial charge in [-0.1, -0.05) is 13.8 Å². The van der Waals surface area contributed by atoms with Gasteiger partial charge in [0.1, 0.15) is 4.92 Å². The molecule has 1 aliphatic rings. The van der Waals surface area contributed by atoms with Crippen molar-refractivity contribution < 1.29 is 14.1 Å². The van der Waals surface area contributed by atoms with Crippen LogP contribution in [-0.4, -0.2) is 41.9 Å². The Morgan fingerprint density at radius 1 is 1.35 bits per heavy atom. The van der Waals surface area contributed by atoms with Crippen LogP contribution in [0.2, 0.25) is 0 Å². The lowest BCUT2D eigenvalue weighted by Crippen LogP contribution is -2.39. The van der Waals surface area contributed by atoms with Crippen LogP contribution in [0.3, 0.4) is 0 Å². The van der Waals surface area contributed by atoms with Crippen LogP contribution in [0.4, 0.5) is 5.88 Å². The van der Waals surface area contributed by atoms with Crippen molar-refractivity contribution in [1.82, 2.24) is 10.2 Å². The van der Waals surface area contributed by atoms with Gasteiger partial charge in [-0.05, 0) is 43.7 Å². The third-order valence-corrected chi connectivity index (χ3v) is 4.13. The Bertz CT molecular complexity index is 533. The van der Waals surface area contributed by atoms with Crippen LogP contribution in [0.15, 0.2) is 16.5 Å². The quantitative estimate of drug-likeness (QED) is 0.473. The lowest BCUT2D eigenvalue weighted by Gasteiger charge is -2.34. The number of likely N-dealkylation sites (tertiary alicyclic amines) is 1. The van der Waals surface area contributed by atoms with Crippen molar-refractivity contribution >= 4 is 11.8 Å². The molecule has 0 aromatic carbocycles. The summed E-state index contributed by atoms with van der Waals surface area (Å²) < 4.78 is 4.86. The van der Waals surface area contributed by atoms with E-state index in [0.717, 1.165) is 44.3 Å². The highest BCUT2D eigenvalue weighted by molar-refractivity contribution is 5.91. The number of unbranched alkanes of at least 4 members (excludes halogenated alkanes) is 1. The number of hydrogen-bond acceptors (Lipinski definition) is 5. The number of amides is 1. The number of hydrogen-bond donors (Lipinski definition) is 1. The Morgan fingerprint density at radius 3 is 2.65 bits per heavy atom. The fraction of sp³-hybridized carbons (Fsp3) is 0.688. The van der Waals surface area contributed by atoms with Gasteiger partial charge < -0.3 is 14.6 Å². The molecule has 0 bridgehead atoms. The molecule has 1 saturated heterocycles. The van der Waals surface area contributed by atoms with Gasteiger partial charge in [-0.2, -0.15) is 0 Å². The molecule has 1 aromatic rings. The lowest BCUT2D eigenvalue weighted by molar-refractivity contribution is -0.402. The molecular weight excluding hydrogens is 298 g/mol. The zero-order valence-electron chi connectivity index (χ0n) is 13.8. The first-order valence-corrected chi connectivity index (χ1v) is 8.20. The minimum atomic E-state index is -0.655. The molecule has 0 aliphatic carbocycles. The number of carbonyl (C=O) groups excluding carboxylic acids is 1. The van der Waals surface area contributed by atoms with E-state index in [1.165, 1.54) is 18.6 Å². The molecule has 1 N–H and O–H groups in total. The van der Waals surface area contributed by atoms with Crippen molar-refractivity contribution in [3.8, 4) is 0 Å². The zero-order chi connectivity index (χ0) is 16.8. The Balaban J connectivity index is 1.63. The molecule has 7 nitrogen and oxygen atoms in total. The van der Waals surface area contributed by atoms with Crippen molar-refractivity contribution in [1.29, 1.82) is 0 Å². The number of nitro groups is 1. The highest BCUT2D eigenvalue weighted by Gasteiger charge is 2.21. The SMILES string of the molecule is C[C@@H]1C[C@H](C)CN(CCCCNC(=O)c2ccc([N+](=O)[O-])o2)C1. The van der Waals surface area contributed by atoms with Gasteiger partial charge >= 0.3 is 5.88 Å². The first-order chi connectivity index (χ1) is 11.0. The number of furan rings is 1. The van der Waals surface area contributed by atoms with Crippen molar-refractivity contribution in [3.63, 3.8) is 0 Å². The standard InChI is InChI=1S/C16H25N3O4/c1-12-9-13(2)11-18(10-12)8-4-3-7-17-16(20)14-5-6-15(23-14)19(21)22/h5-6,12-13H,3-4,7-11H2,1-2H3,(H,17,20)/t12-,13+. The van der Waals surface area contributed by atoms with Crippen LogP contribution in [0.5, 0.6) is 0 Å². The van der Waals surface area contributed by atoms with E-state index in [1.54, 1.807) is 0 Å². The summed E-state index contributed by atoms with van der Waals surface area (Å²) >= 11 is 0. The van der Waals surface area contributed by atoms with Gasteiger partial charge in [0.25, 0.3) is 5.91 Å². The van der Waals surface area contributed by atoms with Gasteiger partial charge in [0.05, 0.1) is 6.07 Å². The number of rotatable bonds is 7. The van der Waals surface area contributed by atoms with Crippen molar-refractivity contribution in [2.75, 3.05) is 26.2 Å². The maximum Gasteiger partial charge on any atom is 0.433 e. The predicted octanol–water partition coefficient (Wildman–Crippen LogP) is 2.68. The average molecular weight is 323 g/mol. The van der Waals surface area contributed by atoms with E-state index >= 15 is 0 Å². The monoisotopic (exact) mass is 323 g/mol. The van der Waals surface area contributed by atoms with Crippen LogP contribution < -0.4 is 5.32 Å². The van der Waals surface area contributed by atoms with Crippen LogP contribution in [0.25, 0.3) is 0 Å². The predicted molar refractivity (Wildman–Crippen MR) is 86.3 cm³/mol. The Kier molecular flexibility index (Phi) is 6.15. The Hall–Kier alpha value is -1.89. The van der Waals surface area contributed by atoms with Gasteiger partial charge in [0, 0.05) is 19.6 Å².